The Bertz CT molecular complexity index is 449. The van der Waals surface area contributed by atoms with Gasteiger partial charge < -0.3 is 9.67 Å². The van der Waals surface area contributed by atoms with Crippen molar-refractivity contribution >= 4 is 6.29 Å². The lowest BCUT2D eigenvalue weighted by Gasteiger charge is -2.05. The van der Waals surface area contributed by atoms with E-state index in [0.717, 1.165) is 0 Å². The summed E-state index contributed by atoms with van der Waals surface area (Å²) in [6, 6.07) is 4.62. The number of aromatic hydroxyl groups is 1. The first-order valence-electron chi connectivity index (χ1n) is 4.08. The van der Waals surface area contributed by atoms with Crippen molar-refractivity contribution in [3.8, 4) is 11.4 Å². The fourth-order valence-corrected chi connectivity index (χ4v) is 1.27. The van der Waals surface area contributed by atoms with Gasteiger partial charge in [-0.05, 0) is 18.2 Å². The topological polar surface area (TPSA) is 55.1 Å². The maximum atomic E-state index is 10.7. The zero-order valence-corrected chi connectivity index (χ0v) is 7.29. The molecule has 1 aromatic heterocycles. The van der Waals surface area contributed by atoms with Crippen LogP contribution in [0.2, 0.25) is 0 Å². The van der Waals surface area contributed by atoms with Crippen LogP contribution in [0, 0.1) is 0 Å². The highest BCUT2D eigenvalue weighted by atomic mass is 16.3. The highest BCUT2D eigenvalue weighted by molar-refractivity contribution is 5.81. The normalized spacial score (nSPS) is 10.0. The van der Waals surface area contributed by atoms with Crippen LogP contribution in [-0.4, -0.2) is 20.9 Å². The Balaban J connectivity index is 2.58. The molecule has 0 radical (unpaired) electrons. The molecule has 0 unspecified atom stereocenters. The number of benzene rings is 1. The minimum Gasteiger partial charge on any atom is -0.508 e. The highest BCUT2D eigenvalue weighted by Crippen LogP contribution is 2.18. The van der Waals surface area contributed by atoms with Crippen LogP contribution in [0.4, 0.5) is 0 Å². The molecule has 0 amide bonds. The summed E-state index contributed by atoms with van der Waals surface area (Å²) in [5.74, 6) is 0.0796. The number of rotatable bonds is 2. The molecule has 70 valence electrons. The van der Waals surface area contributed by atoms with Crippen LogP contribution in [0.1, 0.15) is 10.4 Å². The zero-order chi connectivity index (χ0) is 9.97. The van der Waals surface area contributed by atoms with E-state index in [4.69, 9.17) is 0 Å². The molecule has 0 atom stereocenters. The van der Waals surface area contributed by atoms with Crippen molar-refractivity contribution in [1.29, 1.82) is 0 Å². The number of imidazole rings is 1. The highest BCUT2D eigenvalue weighted by Gasteiger charge is 2.03. The van der Waals surface area contributed by atoms with Crippen molar-refractivity contribution in [2.45, 2.75) is 0 Å². The number of carbonyl (C=O) groups excluding carboxylic acids is 1. The van der Waals surface area contributed by atoms with Gasteiger partial charge in [-0.25, -0.2) is 4.98 Å². The number of phenols is 1. The molecule has 1 heterocycles. The molecule has 14 heavy (non-hydrogen) atoms. The summed E-state index contributed by atoms with van der Waals surface area (Å²) in [6.07, 6.45) is 5.66. The Morgan fingerprint density at radius 2 is 2.29 bits per heavy atom. The van der Waals surface area contributed by atoms with Crippen LogP contribution in [0.15, 0.2) is 36.9 Å². The van der Waals surface area contributed by atoms with Crippen LogP contribution in [0.25, 0.3) is 5.69 Å². The van der Waals surface area contributed by atoms with Crippen molar-refractivity contribution < 1.29 is 9.90 Å². The third kappa shape index (κ3) is 1.37. The van der Waals surface area contributed by atoms with Crippen LogP contribution in [0.3, 0.4) is 0 Å². The summed E-state index contributed by atoms with van der Waals surface area (Å²) in [6.45, 7) is 0. The molecule has 1 N–H and O–H groups in total. The number of hydrogen-bond donors (Lipinski definition) is 1. The van der Waals surface area contributed by atoms with Crippen molar-refractivity contribution in [2.24, 2.45) is 0 Å². The van der Waals surface area contributed by atoms with Gasteiger partial charge in [0.1, 0.15) is 5.75 Å². The summed E-state index contributed by atoms with van der Waals surface area (Å²) < 4.78 is 1.71. The van der Waals surface area contributed by atoms with Crippen molar-refractivity contribution in [3.05, 3.63) is 42.5 Å². The molecule has 0 aliphatic heterocycles. The van der Waals surface area contributed by atoms with E-state index in [1.165, 1.54) is 12.1 Å². The van der Waals surface area contributed by atoms with Gasteiger partial charge in [0.25, 0.3) is 0 Å². The molecule has 1 aromatic carbocycles. The molecule has 0 bridgehead atoms. The van der Waals surface area contributed by atoms with Crippen molar-refractivity contribution in [1.82, 2.24) is 9.55 Å². The van der Waals surface area contributed by atoms with E-state index in [0.29, 0.717) is 17.5 Å². The van der Waals surface area contributed by atoms with E-state index in [1.54, 1.807) is 29.4 Å². The Labute approximate surface area is 80.4 Å². The standard InChI is InChI=1S/C10H8N2O2/c13-6-8-5-9(14)1-2-10(8)12-4-3-11-7-12/h1-7,14H. The zero-order valence-electron chi connectivity index (χ0n) is 7.29. The first-order valence-corrected chi connectivity index (χ1v) is 4.08. The maximum Gasteiger partial charge on any atom is 0.152 e. The molecule has 2 aromatic rings. The quantitative estimate of drug-likeness (QED) is 0.724. The Hall–Kier alpha value is -2.10. The second-order valence-electron chi connectivity index (χ2n) is 2.83. The smallest absolute Gasteiger partial charge is 0.152 e. The molecule has 0 aliphatic rings. The number of aromatic nitrogens is 2. The lowest BCUT2D eigenvalue weighted by molar-refractivity contribution is 0.112. The van der Waals surface area contributed by atoms with E-state index in [1.807, 2.05) is 0 Å². The van der Waals surface area contributed by atoms with Gasteiger partial charge >= 0.3 is 0 Å². The van der Waals surface area contributed by atoms with Gasteiger partial charge in [0.2, 0.25) is 0 Å². The van der Waals surface area contributed by atoms with Crippen LogP contribution in [0.5, 0.6) is 5.75 Å². The molecule has 2 rings (SSSR count). The number of hydrogen-bond acceptors (Lipinski definition) is 3. The number of nitrogens with zero attached hydrogens (tertiary/aromatic N) is 2. The van der Waals surface area contributed by atoms with Crippen LogP contribution < -0.4 is 0 Å². The van der Waals surface area contributed by atoms with Gasteiger partial charge in [-0.2, -0.15) is 0 Å². The number of phenolic OH excluding ortho intramolecular Hbond substituents is 1. The maximum absolute atomic E-state index is 10.7. The average molecular weight is 188 g/mol. The first kappa shape index (κ1) is 8.50. The molecule has 0 spiro atoms. The largest absolute Gasteiger partial charge is 0.508 e. The first-order chi connectivity index (χ1) is 6.81. The minimum absolute atomic E-state index is 0.0796. The van der Waals surface area contributed by atoms with E-state index in [9.17, 15) is 9.90 Å². The second-order valence-corrected chi connectivity index (χ2v) is 2.83. The predicted octanol–water partition coefficient (Wildman–Crippen LogP) is 1.39. The van der Waals surface area contributed by atoms with Gasteiger partial charge in [-0.1, -0.05) is 0 Å². The van der Waals surface area contributed by atoms with Gasteiger partial charge in [-0.3, -0.25) is 4.79 Å². The lowest BCUT2D eigenvalue weighted by atomic mass is 10.2. The molecular weight excluding hydrogens is 180 g/mol. The average Bonchev–Trinajstić information content (AvgIpc) is 2.70. The fraction of sp³-hybridized carbons (Fsp3) is 0. The molecule has 4 heteroatoms. The number of carbonyl (C=O) groups is 1. The molecular formula is C10H8N2O2. The second kappa shape index (κ2) is 3.33. The van der Waals surface area contributed by atoms with Crippen molar-refractivity contribution in [3.63, 3.8) is 0 Å². The van der Waals surface area contributed by atoms with Gasteiger partial charge in [0.05, 0.1) is 12.0 Å². The Morgan fingerprint density at radius 1 is 1.43 bits per heavy atom. The van der Waals surface area contributed by atoms with E-state index < -0.39 is 0 Å². The summed E-state index contributed by atoms with van der Waals surface area (Å²) in [7, 11) is 0. The summed E-state index contributed by atoms with van der Waals surface area (Å²) >= 11 is 0. The van der Waals surface area contributed by atoms with Crippen LogP contribution >= 0.6 is 0 Å². The third-order valence-electron chi connectivity index (χ3n) is 1.92. The molecule has 0 aliphatic carbocycles. The fourth-order valence-electron chi connectivity index (χ4n) is 1.27. The predicted molar refractivity (Wildman–Crippen MR) is 50.6 cm³/mol. The van der Waals surface area contributed by atoms with Crippen LogP contribution in [-0.2, 0) is 0 Å². The van der Waals surface area contributed by atoms with E-state index in [2.05, 4.69) is 4.98 Å². The third-order valence-corrected chi connectivity index (χ3v) is 1.92. The van der Waals surface area contributed by atoms with E-state index >= 15 is 0 Å². The summed E-state index contributed by atoms with van der Waals surface area (Å²) in [5, 5.41) is 9.18. The van der Waals surface area contributed by atoms with Gasteiger partial charge in [-0.15, -0.1) is 0 Å². The molecule has 0 saturated heterocycles. The summed E-state index contributed by atoms with van der Waals surface area (Å²) in [5.41, 5.74) is 1.14. The Kier molecular flexibility index (Phi) is 2.02. The molecule has 0 saturated carbocycles. The lowest BCUT2D eigenvalue weighted by Crippen LogP contribution is -1.95. The number of aldehydes is 1. The SMILES string of the molecule is O=Cc1cc(O)ccc1-n1ccnc1. The Morgan fingerprint density at radius 3 is 2.93 bits per heavy atom. The van der Waals surface area contributed by atoms with E-state index in [-0.39, 0.29) is 5.75 Å². The van der Waals surface area contributed by atoms with Gasteiger partial charge in [0, 0.05) is 18.0 Å². The molecule has 0 fully saturated rings. The molecule has 4 nitrogen and oxygen atoms in total. The monoisotopic (exact) mass is 188 g/mol. The summed E-state index contributed by atoms with van der Waals surface area (Å²) in [4.78, 5) is 14.6. The van der Waals surface area contributed by atoms with Gasteiger partial charge in [0.15, 0.2) is 6.29 Å². The van der Waals surface area contributed by atoms with Crippen molar-refractivity contribution in [2.75, 3.05) is 0 Å². The minimum atomic E-state index is 0.0796.